The number of aliphatic imine (C=N–C) groups is 1. The Morgan fingerprint density at radius 3 is 2.58 bits per heavy atom. The highest BCUT2D eigenvalue weighted by Gasteiger charge is 2.30. The fraction of sp³-hybridized carbons (Fsp3) is 0.174. The van der Waals surface area contributed by atoms with Crippen molar-refractivity contribution in [3.63, 3.8) is 0 Å². The van der Waals surface area contributed by atoms with Gasteiger partial charge in [0.15, 0.2) is 16.7 Å². The van der Waals surface area contributed by atoms with Crippen LogP contribution >= 0.6 is 11.8 Å². The first-order valence-corrected chi connectivity index (χ1v) is 10.3. The smallest absolute Gasteiger partial charge is 0.335 e. The summed E-state index contributed by atoms with van der Waals surface area (Å²) in [6, 6.07) is 11.6. The highest BCUT2D eigenvalue weighted by Crippen LogP contribution is 2.35. The number of carboxylic acid groups (broad SMARTS) is 1. The van der Waals surface area contributed by atoms with Gasteiger partial charge >= 0.3 is 5.97 Å². The number of likely N-dealkylation sites (N-methyl/N-ethyl adjacent to an activating group) is 1. The maximum atomic E-state index is 12.7. The van der Waals surface area contributed by atoms with Crippen molar-refractivity contribution in [2.45, 2.75) is 6.92 Å². The molecule has 1 aliphatic rings. The number of nitrogens with zero attached hydrogens (tertiary/aromatic N) is 2. The van der Waals surface area contributed by atoms with Crippen molar-refractivity contribution < 1.29 is 24.2 Å². The van der Waals surface area contributed by atoms with E-state index in [1.165, 1.54) is 28.8 Å². The van der Waals surface area contributed by atoms with E-state index in [2.05, 4.69) is 11.6 Å². The van der Waals surface area contributed by atoms with E-state index < -0.39 is 5.97 Å². The largest absolute Gasteiger partial charge is 0.490 e. The number of thioether (sulfide) groups is 1. The summed E-state index contributed by atoms with van der Waals surface area (Å²) >= 11 is 1.25. The van der Waals surface area contributed by atoms with Gasteiger partial charge in [0.25, 0.3) is 5.91 Å². The number of benzene rings is 2. The van der Waals surface area contributed by atoms with E-state index in [4.69, 9.17) is 14.6 Å². The van der Waals surface area contributed by atoms with Crippen molar-refractivity contribution >= 4 is 40.6 Å². The summed E-state index contributed by atoms with van der Waals surface area (Å²) in [6.45, 7) is 6.39. The summed E-state index contributed by atoms with van der Waals surface area (Å²) < 4.78 is 11.3. The van der Waals surface area contributed by atoms with Crippen LogP contribution in [0.3, 0.4) is 0 Å². The first kappa shape index (κ1) is 22.2. The number of ether oxygens (including phenoxy) is 2. The summed E-state index contributed by atoms with van der Waals surface area (Å²) in [7, 11) is 1.65. The molecule has 1 N–H and O–H groups in total. The summed E-state index contributed by atoms with van der Waals surface area (Å²) in [5, 5.41) is 9.51. The summed E-state index contributed by atoms with van der Waals surface area (Å²) in [4.78, 5) is 30.1. The van der Waals surface area contributed by atoms with E-state index in [-0.39, 0.29) is 11.5 Å². The van der Waals surface area contributed by atoms with Gasteiger partial charge in [-0.05, 0) is 66.7 Å². The Morgan fingerprint density at radius 1 is 1.19 bits per heavy atom. The van der Waals surface area contributed by atoms with Gasteiger partial charge in [-0.25, -0.2) is 9.79 Å². The average molecular weight is 439 g/mol. The Labute approximate surface area is 184 Å². The van der Waals surface area contributed by atoms with Crippen LogP contribution in [0.15, 0.2) is 65.0 Å². The Hall–Kier alpha value is -3.52. The number of hydrogen-bond donors (Lipinski definition) is 1. The molecule has 0 spiro atoms. The minimum atomic E-state index is -1.00. The van der Waals surface area contributed by atoms with Gasteiger partial charge in [-0.2, -0.15) is 0 Å². The first-order valence-electron chi connectivity index (χ1n) is 9.53. The highest BCUT2D eigenvalue weighted by atomic mass is 32.2. The second kappa shape index (κ2) is 9.99. The number of rotatable bonds is 8. The van der Waals surface area contributed by atoms with Crippen LogP contribution in [0.2, 0.25) is 0 Å². The minimum Gasteiger partial charge on any atom is -0.490 e. The zero-order chi connectivity index (χ0) is 22.4. The Bertz CT molecular complexity index is 1060. The average Bonchev–Trinajstić information content (AvgIpc) is 3.01. The zero-order valence-corrected chi connectivity index (χ0v) is 18.0. The van der Waals surface area contributed by atoms with Gasteiger partial charge in [0.05, 0.1) is 22.8 Å². The number of aromatic carboxylic acids is 1. The Morgan fingerprint density at radius 2 is 1.94 bits per heavy atom. The molecule has 160 valence electrons. The molecule has 0 aromatic heterocycles. The second-order valence-corrected chi connectivity index (χ2v) is 7.47. The monoisotopic (exact) mass is 438 g/mol. The minimum absolute atomic E-state index is 0.171. The summed E-state index contributed by atoms with van der Waals surface area (Å²) in [5.41, 5.74) is 1.54. The van der Waals surface area contributed by atoms with Crippen molar-refractivity contribution in [3.8, 4) is 11.5 Å². The SMILES string of the molecule is C=CCOc1ccc(C=C2SC(=Nc3ccc(C(=O)O)cc3)N(C)C2=O)cc1OCC. The molecule has 31 heavy (non-hydrogen) atoms. The van der Waals surface area contributed by atoms with Gasteiger partial charge < -0.3 is 14.6 Å². The Kier molecular flexibility index (Phi) is 7.15. The molecule has 0 saturated carbocycles. The molecule has 2 aromatic rings. The molecule has 1 saturated heterocycles. The molecule has 1 fully saturated rings. The molecular formula is C23H22N2O5S. The standard InChI is InChI=1S/C23H22N2O5S/c1-4-12-30-18-11-6-15(13-19(18)29-5-2)14-20-21(26)25(3)23(31-20)24-17-9-7-16(8-10-17)22(27)28/h4,6-11,13-14H,1,5,12H2,2-3H3,(H,27,28). The molecule has 0 aliphatic carbocycles. The van der Waals surface area contributed by atoms with Crippen molar-refractivity contribution in [2.75, 3.05) is 20.3 Å². The van der Waals surface area contributed by atoms with Gasteiger partial charge in [-0.3, -0.25) is 9.69 Å². The second-order valence-electron chi connectivity index (χ2n) is 6.46. The lowest BCUT2D eigenvalue weighted by atomic mass is 10.2. The number of carbonyl (C=O) groups is 2. The van der Waals surface area contributed by atoms with E-state index >= 15 is 0 Å². The van der Waals surface area contributed by atoms with E-state index in [0.717, 1.165) is 5.56 Å². The maximum absolute atomic E-state index is 12.7. The topological polar surface area (TPSA) is 88.4 Å². The number of amides is 1. The third kappa shape index (κ3) is 5.35. The molecule has 0 atom stereocenters. The van der Waals surface area contributed by atoms with Gasteiger partial charge in [0, 0.05) is 7.05 Å². The van der Waals surface area contributed by atoms with Crippen LogP contribution in [0.1, 0.15) is 22.8 Å². The summed E-state index contributed by atoms with van der Waals surface area (Å²) in [5.74, 6) is 0.0310. The third-order valence-electron chi connectivity index (χ3n) is 4.26. The maximum Gasteiger partial charge on any atom is 0.335 e. The lowest BCUT2D eigenvalue weighted by Gasteiger charge is -2.11. The molecule has 1 aliphatic heterocycles. The fourth-order valence-electron chi connectivity index (χ4n) is 2.74. The van der Waals surface area contributed by atoms with E-state index in [9.17, 15) is 9.59 Å². The molecule has 0 radical (unpaired) electrons. The van der Waals surface area contributed by atoms with Crippen LogP contribution in [0.25, 0.3) is 6.08 Å². The molecule has 3 rings (SSSR count). The van der Waals surface area contributed by atoms with Crippen molar-refractivity contribution in [3.05, 3.63) is 71.2 Å². The van der Waals surface area contributed by atoms with Gasteiger partial charge in [-0.1, -0.05) is 18.7 Å². The molecule has 0 unspecified atom stereocenters. The first-order chi connectivity index (χ1) is 14.9. The lowest BCUT2D eigenvalue weighted by Crippen LogP contribution is -2.23. The molecule has 1 heterocycles. The normalized spacial score (nSPS) is 16.1. The van der Waals surface area contributed by atoms with Crippen LogP contribution < -0.4 is 9.47 Å². The number of carboxylic acids is 1. The molecule has 0 bridgehead atoms. The van der Waals surface area contributed by atoms with Crippen LogP contribution in [0.4, 0.5) is 5.69 Å². The van der Waals surface area contributed by atoms with E-state index in [0.29, 0.717) is 40.5 Å². The quantitative estimate of drug-likeness (QED) is 0.479. The van der Waals surface area contributed by atoms with Crippen molar-refractivity contribution in [1.82, 2.24) is 4.90 Å². The number of hydrogen-bond acceptors (Lipinski definition) is 6. The molecule has 1 amide bonds. The van der Waals surface area contributed by atoms with Gasteiger partial charge in [0.1, 0.15) is 6.61 Å². The van der Waals surface area contributed by atoms with Crippen LogP contribution in [-0.4, -0.2) is 47.3 Å². The fourth-order valence-corrected chi connectivity index (χ4v) is 3.73. The van der Waals surface area contributed by atoms with Crippen molar-refractivity contribution in [2.24, 2.45) is 4.99 Å². The lowest BCUT2D eigenvalue weighted by molar-refractivity contribution is -0.121. The highest BCUT2D eigenvalue weighted by molar-refractivity contribution is 8.18. The molecule has 8 heteroatoms. The summed E-state index contributed by atoms with van der Waals surface area (Å²) in [6.07, 6.45) is 3.44. The number of carbonyl (C=O) groups excluding carboxylic acids is 1. The van der Waals surface area contributed by atoms with Crippen LogP contribution in [-0.2, 0) is 4.79 Å². The molecular weight excluding hydrogens is 416 g/mol. The van der Waals surface area contributed by atoms with Crippen molar-refractivity contribution in [1.29, 1.82) is 0 Å². The van der Waals surface area contributed by atoms with E-state index in [1.54, 1.807) is 37.4 Å². The predicted octanol–water partition coefficient (Wildman–Crippen LogP) is 4.58. The predicted molar refractivity (Wildman–Crippen MR) is 122 cm³/mol. The van der Waals surface area contributed by atoms with Crippen LogP contribution in [0.5, 0.6) is 11.5 Å². The van der Waals surface area contributed by atoms with Crippen LogP contribution in [0, 0.1) is 0 Å². The zero-order valence-electron chi connectivity index (χ0n) is 17.2. The van der Waals surface area contributed by atoms with E-state index in [1.807, 2.05) is 19.1 Å². The molecule has 7 nitrogen and oxygen atoms in total. The van der Waals surface area contributed by atoms with Gasteiger partial charge in [0.2, 0.25) is 0 Å². The molecule has 2 aromatic carbocycles. The third-order valence-corrected chi connectivity index (χ3v) is 5.32. The van der Waals surface area contributed by atoms with Gasteiger partial charge in [-0.15, -0.1) is 0 Å². The Balaban J connectivity index is 1.84. The number of amidine groups is 1.